The van der Waals surface area contributed by atoms with Crippen LogP contribution in [0.4, 0.5) is 0 Å². The molecule has 0 amide bonds. The second kappa shape index (κ2) is 184. The minimum Gasteiger partial charge on any atom is -2.00 e. The van der Waals surface area contributed by atoms with Crippen molar-refractivity contribution in [3.63, 3.8) is 0 Å². The summed E-state index contributed by atoms with van der Waals surface area (Å²) in [6, 6.07) is 0. The Hall–Kier alpha value is 0.561. The SMILES string of the molecule is N#[SiH].[O-2].[O-2].[Ti+4]. The molecule has 5 heavy (non-hydrogen) atoms. The van der Waals surface area contributed by atoms with E-state index in [1.54, 1.807) is 0 Å². The van der Waals surface area contributed by atoms with Gasteiger partial charge in [0, 0.05) is 0 Å². The summed E-state index contributed by atoms with van der Waals surface area (Å²) in [6.45, 7) is 0. The predicted molar refractivity (Wildman–Crippen MR) is 10.2 cm³/mol. The van der Waals surface area contributed by atoms with Gasteiger partial charge in [-0.25, -0.2) is 0 Å². The van der Waals surface area contributed by atoms with E-state index >= 15 is 0 Å². The van der Waals surface area contributed by atoms with Crippen LogP contribution in [0.1, 0.15) is 0 Å². The fraction of sp³-hybridized carbons (Fsp3) is 0. The molecule has 3 nitrogen and oxygen atoms in total. The third-order valence-electron chi connectivity index (χ3n) is 0. The van der Waals surface area contributed by atoms with Gasteiger partial charge in [0.15, 0.2) is 9.88 Å². The zero-order chi connectivity index (χ0) is 2.00. The fourth-order valence-corrected chi connectivity index (χ4v) is 0. The van der Waals surface area contributed by atoms with Crippen LogP contribution in [-0.4, -0.2) is 9.88 Å². The molecule has 0 saturated carbocycles. The second-order valence-corrected chi connectivity index (χ2v) is 0. The van der Waals surface area contributed by atoms with Crippen molar-refractivity contribution in [1.82, 2.24) is 0 Å². The molecule has 0 unspecified atom stereocenters. The summed E-state index contributed by atoms with van der Waals surface area (Å²) in [5, 5.41) is 0. The molecule has 0 bridgehead atoms. The standard InChI is InChI=1S/HNSi.2O.Ti/c1-2;;;/h2H;;;/q;2*-2;+4. The van der Waals surface area contributed by atoms with Crippen molar-refractivity contribution in [2.45, 2.75) is 0 Å². The van der Waals surface area contributed by atoms with Crippen LogP contribution < -0.4 is 0 Å². The molecule has 0 radical (unpaired) electrons. The van der Waals surface area contributed by atoms with E-state index in [-0.39, 0.29) is 32.7 Å². The average Bonchev–Trinajstić information content (AvgIpc) is 1.00. The van der Waals surface area contributed by atoms with E-state index in [1.165, 1.54) is 9.88 Å². The summed E-state index contributed by atoms with van der Waals surface area (Å²) in [6.07, 6.45) is 0. The Balaban J connectivity index is -0.00000000167. The Bertz CT molecular complexity index is 14.4. The average molecular weight is 123 g/mol. The van der Waals surface area contributed by atoms with Crippen LogP contribution in [0, 0.1) is 4.89 Å². The molecule has 0 heterocycles. The van der Waals surface area contributed by atoms with Crippen LogP contribution in [0.3, 0.4) is 0 Å². The maximum atomic E-state index is 6.92. The number of hydrogen-bond acceptors (Lipinski definition) is 1. The van der Waals surface area contributed by atoms with Crippen molar-refractivity contribution in [3.8, 4) is 0 Å². The van der Waals surface area contributed by atoms with Crippen molar-refractivity contribution >= 4 is 9.88 Å². The van der Waals surface area contributed by atoms with Gasteiger partial charge in [0.1, 0.15) is 0 Å². The number of hydrogen-bond donors (Lipinski definition) is 0. The van der Waals surface area contributed by atoms with Gasteiger partial charge >= 0.3 is 21.7 Å². The molecule has 0 atom stereocenters. The molecule has 5 heteroatoms. The first-order valence-electron chi connectivity index (χ1n) is 0.258. The smallest absolute Gasteiger partial charge is 2.00 e. The second-order valence-electron chi connectivity index (χ2n) is 0. The zero-order valence-corrected chi connectivity index (χ0v) is 5.06. The Morgan fingerprint density at radius 3 is 1.00 bits per heavy atom. The molecule has 0 aromatic heterocycles. The van der Waals surface area contributed by atoms with Gasteiger partial charge in [-0.3, -0.25) is 4.89 Å². The number of rotatable bonds is 0. The molecular formula is HNO2SiTi. The molecular weight excluding hydrogens is 122 g/mol. The molecule has 0 saturated heterocycles. The summed E-state index contributed by atoms with van der Waals surface area (Å²) in [4.78, 5) is 6.92. The molecule has 0 aliphatic carbocycles. The van der Waals surface area contributed by atoms with E-state index in [1.807, 2.05) is 0 Å². The molecule has 0 aliphatic heterocycles. The summed E-state index contributed by atoms with van der Waals surface area (Å²) in [7, 11) is 1.42. The van der Waals surface area contributed by atoms with Gasteiger partial charge in [-0.05, 0) is 0 Å². The molecule has 26 valence electrons. The predicted octanol–water partition coefficient (Wildman–Crippen LogP) is -0.874. The Morgan fingerprint density at radius 1 is 1.00 bits per heavy atom. The van der Waals surface area contributed by atoms with Crippen molar-refractivity contribution in [2.24, 2.45) is 0 Å². The van der Waals surface area contributed by atoms with Crippen LogP contribution in [0.15, 0.2) is 0 Å². The first-order valence-corrected chi connectivity index (χ1v) is 0.775. The van der Waals surface area contributed by atoms with Gasteiger partial charge in [0.2, 0.25) is 0 Å². The molecule has 0 aromatic carbocycles. The van der Waals surface area contributed by atoms with Gasteiger partial charge < -0.3 is 11.0 Å². The maximum absolute atomic E-state index is 6.92. The van der Waals surface area contributed by atoms with Gasteiger partial charge in [-0.15, -0.1) is 0 Å². The zero-order valence-electron chi connectivity index (χ0n) is 2.34. The Kier molecular flexibility index (Phi) is 1740. The van der Waals surface area contributed by atoms with Crippen molar-refractivity contribution in [3.05, 3.63) is 0 Å². The van der Waals surface area contributed by atoms with E-state index in [9.17, 15) is 0 Å². The van der Waals surface area contributed by atoms with Crippen LogP contribution >= 0.6 is 0 Å². The quantitative estimate of drug-likeness (QED) is 0.385. The van der Waals surface area contributed by atoms with Crippen LogP contribution in [0.5, 0.6) is 0 Å². The fourth-order valence-electron chi connectivity index (χ4n) is 0. The normalized spacial score (nSPS) is 0.400. The summed E-state index contributed by atoms with van der Waals surface area (Å²) < 4.78 is 0. The first kappa shape index (κ1) is 47.5. The molecule has 0 spiro atoms. The van der Waals surface area contributed by atoms with Gasteiger partial charge in [-0.1, -0.05) is 0 Å². The Labute approximate surface area is 47.9 Å². The van der Waals surface area contributed by atoms with Crippen LogP contribution in [-0.2, 0) is 32.7 Å². The molecule has 0 aliphatic rings. The number of nitrogens with zero attached hydrogens (tertiary/aromatic N) is 1. The molecule has 0 aromatic rings. The van der Waals surface area contributed by atoms with E-state index in [2.05, 4.69) is 0 Å². The van der Waals surface area contributed by atoms with E-state index < -0.39 is 0 Å². The molecule has 0 N–H and O–H groups in total. The summed E-state index contributed by atoms with van der Waals surface area (Å²) in [5.41, 5.74) is 0. The van der Waals surface area contributed by atoms with Gasteiger partial charge in [0.25, 0.3) is 0 Å². The summed E-state index contributed by atoms with van der Waals surface area (Å²) in [5.74, 6) is 0. The molecule has 0 rings (SSSR count). The minimum atomic E-state index is 0. The van der Waals surface area contributed by atoms with Gasteiger partial charge in [-0.2, -0.15) is 0 Å². The third-order valence-corrected chi connectivity index (χ3v) is 0. The minimum absolute atomic E-state index is 0. The monoisotopic (exact) mass is 123 g/mol. The topological polar surface area (TPSA) is 80.8 Å². The largest absolute Gasteiger partial charge is 4.00 e. The first-order chi connectivity index (χ1) is 1.00. The van der Waals surface area contributed by atoms with E-state index in [0.29, 0.717) is 0 Å². The van der Waals surface area contributed by atoms with Crippen molar-refractivity contribution in [2.75, 3.05) is 0 Å². The van der Waals surface area contributed by atoms with Crippen LogP contribution in [0.2, 0.25) is 0 Å². The van der Waals surface area contributed by atoms with Crippen LogP contribution in [0.25, 0.3) is 0 Å². The van der Waals surface area contributed by atoms with Crippen molar-refractivity contribution in [1.29, 1.82) is 4.89 Å². The Morgan fingerprint density at radius 2 is 1.00 bits per heavy atom. The molecule has 0 fully saturated rings. The van der Waals surface area contributed by atoms with E-state index in [0.717, 1.165) is 0 Å². The third kappa shape index (κ3) is 95.0. The summed E-state index contributed by atoms with van der Waals surface area (Å²) >= 11 is 0. The van der Waals surface area contributed by atoms with Gasteiger partial charge in [0.05, 0.1) is 0 Å². The maximum Gasteiger partial charge on any atom is 4.00 e. The van der Waals surface area contributed by atoms with Crippen molar-refractivity contribution < 1.29 is 32.7 Å². The van der Waals surface area contributed by atoms with E-state index in [4.69, 9.17) is 4.89 Å².